The molecule has 3 nitrogen and oxygen atoms in total. The SMILES string of the molecule is CCCCCCCCOCCOCCOC(C)C. The van der Waals surface area contributed by atoms with Crippen molar-refractivity contribution in [3.63, 3.8) is 0 Å². The van der Waals surface area contributed by atoms with Crippen molar-refractivity contribution in [3.8, 4) is 0 Å². The first-order valence-electron chi connectivity index (χ1n) is 7.54. The molecule has 0 saturated carbocycles. The molecule has 110 valence electrons. The van der Waals surface area contributed by atoms with Gasteiger partial charge in [0.15, 0.2) is 0 Å². The highest BCUT2D eigenvalue weighted by Gasteiger charge is 1.94. The Labute approximate surface area is 113 Å². The lowest BCUT2D eigenvalue weighted by Crippen LogP contribution is -2.12. The maximum absolute atomic E-state index is 5.50. The highest BCUT2D eigenvalue weighted by molar-refractivity contribution is 4.43. The molecule has 18 heavy (non-hydrogen) atoms. The Bertz CT molecular complexity index is 149. The van der Waals surface area contributed by atoms with Crippen LogP contribution in [0, 0.1) is 0 Å². The molecule has 0 saturated heterocycles. The summed E-state index contributed by atoms with van der Waals surface area (Å²) in [6.45, 7) is 9.90. The van der Waals surface area contributed by atoms with Gasteiger partial charge in [-0.25, -0.2) is 0 Å². The van der Waals surface area contributed by atoms with Crippen LogP contribution in [0.3, 0.4) is 0 Å². The maximum atomic E-state index is 5.50. The smallest absolute Gasteiger partial charge is 0.0703 e. The summed E-state index contributed by atoms with van der Waals surface area (Å²) in [4.78, 5) is 0. The normalized spacial score (nSPS) is 11.3. The Morgan fingerprint density at radius 2 is 1.22 bits per heavy atom. The Morgan fingerprint density at radius 1 is 0.667 bits per heavy atom. The highest BCUT2D eigenvalue weighted by atomic mass is 16.5. The molecule has 0 aliphatic carbocycles. The number of rotatable bonds is 14. The van der Waals surface area contributed by atoms with Crippen LogP contribution in [0.4, 0.5) is 0 Å². The van der Waals surface area contributed by atoms with Crippen LogP contribution in [0.15, 0.2) is 0 Å². The van der Waals surface area contributed by atoms with Crippen molar-refractivity contribution in [2.45, 2.75) is 65.4 Å². The minimum Gasteiger partial charge on any atom is -0.379 e. The summed E-state index contributed by atoms with van der Waals surface area (Å²) >= 11 is 0. The van der Waals surface area contributed by atoms with Crippen molar-refractivity contribution in [1.29, 1.82) is 0 Å². The summed E-state index contributed by atoms with van der Waals surface area (Å²) in [6, 6.07) is 0. The van der Waals surface area contributed by atoms with E-state index in [1.165, 1.54) is 38.5 Å². The number of hydrogen-bond acceptors (Lipinski definition) is 3. The van der Waals surface area contributed by atoms with E-state index in [4.69, 9.17) is 14.2 Å². The van der Waals surface area contributed by atoms with E-state index in [0.717, 1.165) is 6.61 Å². The van der Waals surface area contributed by atoms with Crippen LogP contribution in [-0.4, -0.2) is 39.1 Å². The van der Waals surface area contributed by atoms with Crippen LogP contribution in [0.2, 0.25) is 0 Å². The lowest BCUT2D eigenvalue weighted by molar-refractivity contribution is -0.00185. The van der Waals surface area contributed by atoms with Crippen molar-refractivity contribution >= 4 is 0 Å². The minimum atomic E-state index is 0.289. The van der Waals surface area contributed by atoms with Crippen LogP contribution in [0.25, 0.3) is 0 Å². The van der Waals surface area contributed by atoms with E-state index in [9.17, 15) is 0 Å². The van der Waals surface area contributed by atoms with E-state index in [1.54, 1.807) is 0 Å². The van der Waals surface area contributed by atoms with E-state index in [0.29, 0.717) is 26.4 Å². The number of unbranched alkanes of at least 4 members (excludes halogenated alkanes) is 5. The molecule has 0 aromatic heterocycles. The van der Waals surface area contributed by atoms with Gasteiger partial charge in [-0.2, -0.15) is 0 Å². The molecule has 0 aliphatic rings. The fraction of sp³-hybridized carbons (Fsp3) is 1.00. The average molecular weight is 260 g/mol. The van der Waals surface area contributed by atoms with E-state index >= 15 is 0 Å². The summed E-state index contributed by atoms with van der Waals surface area (Å²) in [6.07, 6.45) is 8.16. The predicted octanol–water partition coefficient (Wildman–Crippen LogP) is 3.81. The highest BCUT2D eigenvalue weighted by Crippen LogP contribution is 2.04. The first-order chi connectivity index (χ1) is 8.77. The largest absolute Gasteiger partial charge is 0.379 e. The predicted molar refractivity (Wildman–Crippen MR) is 76.1 cm³/mol. The third kappa shape index (κ3) is 15.9. The van der Waals surface area contributed by atoms with E-state index < -0.39 is 0 Å². The third-order valence-corrected chi connectivity index (χ3v) is 2.69. The second-order valence-corrected chi connectivity index (χ2v) is 4.91. The molecule has 0 heterocycles. The van der Waals surface area contributed by atoms with Gasteiger partial charge in [-0.05, 0) is 20.3 Å². The molecule has 0 aliphatic heterocycles. The fourth-order valence-electron chi connectivity index (χ4n) is 1.65. The van der Waals surface area contributed by atoms with Crippen molar-refractivity contribution in [3.05, 3.63) is 0 Å². The van der Waals surface area contributed by atoms with Crippen molar-refractivity contribution < 1.29 is 14.2 Å². The first kappa shape index (κ1) is 17.9. The van der Waals surface area contributed by atoms with Crippen LogP contribution in [-0.2, 0) is 14.2 Å². The summed E-state index contributed by atoms with van der Waals surface area (Å²) in [5, 5.41) is 0. The zero-order chi connectivity index (χ0) is 13.5. The van der Waals surface area contributed by atoms with Crippen molar-refractivity contribution in [2.24, 2.45) is 0 Å². The quantitative estimate of drug-likeness (QED) is 0.445. The van der Waals surface area contributed by atoms with E-state index in [1.807, 2.05) is 13.8 Å². The lowest BCUT2D eigenvalue weighted by atomic mass is 10.1. The summed E-state index contributed by atoms with van der Waals surface area (Å²) < 4.78 is 16.3. The molecule has 0 atom stereocenters. The Balaban J connectivity index is 2.90. The maximum Gasteiger partial charge on any atom is 0.0703 e. The molecular weight excluding hydrogens is 228 g/mol. The number of hydrogen-bond donors (Lipinski definition) is 0. The van der Waals surface area contributed by atoms with Gasteiger partial charge in [0.05, 0.1) is 32.5 Å². The molecule has 0 radical (unpaired) electrons. The van der Waals surface area contributed by atoms with Gasteiger partial charge in [0.2, 0.25) is 0 Å². The zero-order valence-electron chi connectivity index (χ0n) is 12.6. The van der Waals surface area contributed by atoms with E-state index in [2.05, 4.69) is 6.92 Å². The molecule has 3 heteroatoms. The van der Waals surface area contributed by atoms with Gasteiger partial charge in [0.1, 0.15) is 0 Å². The molecule has 0 aromatic carbocycles. The van der Waals surface area contributed by atoms with Crippen LogP contribution in [0.5, 0.6) is 0 Å². The molecule has 0 rings (SSSR count). The van der Waals surface area contributed by atoms with Crippen molar-refractivity contribution in [1.82, 2.24) is 0 Å². The van der Waals surface area contributed by atoms with Crippen LogP contribution in [0.1, 0.15) is 59.3 Å². The fourth-order valence-corrected chi connectivity index (χ4v) is 1.65. The zero-order valence-corrected chi connectivity index (χ0v) is 12.6. The summed E-state index contributed by atoms with van der Waals surface area (Å²) in [5.41, 5.74) is 0. The van der Waals surface area contributed by atoms with Gasteiger partial charge in [0, 0.05) is 6.61 Å². The van der Waals surface area contributed by atoms with Crippen LogP contribution >= 0.6 is 0 Å². The number of ether oxygens (including phenoxy) is 3. The van der Waals surface area contributed by atoms with Gasteiger partial charge in [-0.3, -0.25) is 0 Å². The van der Waals surface area contributed by atoms with Gasteiger partial charge in [0.25, 0.3) is 0 Å². The molecule has 0 N–H and O–H groups in total. The molecule has 0 unspecified atom stereocenters. The molecule has 0 spiro atoms. The van der Waals surface area contributed by atoms with Crippen LogP contribution < -0.4 is 0 Å². The molecule has 0 amide bonds. The van der Waals surface area contributed by atoms with Gasteiger partial charge in [-0.1, -0.05) is 39.0 Å². The summed E-state index contributed by atoms with van der Waals surface area (Å²) in [5.74, 6) is 0. The standard InChI is InChI=1S/C15H32O3/c1-4-5-6-7-8-9-10-16-11-12-17-13-14-18-15(2)3/h15H,4-14H2,1-3H3. The van der Waals surface area contributed by atoms with E-state index in [-0.39, 0.29) is 6.10 Å². The summed E-state index contributed by atoms with van der Waals surface area (Å²) in [7, 11) is 0. The first-order valence-corrected chi connectivity index (χ1v) is 7.54. The van der Waals surface area contributed by atoms with Gasteiger partial charge in [-0.15, -0.1) is 0 Å². The molecule has 0 fully saturated rings. The molecular formula is C15H32O3. The second-order valence-electron chi connectivity index (χ2n) is 4.91. The van der Waals surface area contributed by atoms with Crippen molar-refractivity contribution in [2.75, 3.05) is 33.0 Å². The topological polar surface area (TPSA) is 27.7 Å². The monoisotopic (exact) mass is 260 g/mol. The molecule has 0 bridgehead atoms. The Morgan fingerprint density at radius 3 is 1.89 bits per heavy atom. The lowest BCUT2D eigenvalue weighted by Gasteiger charge is -2.08. The Hall–Kier alpha value is -0.120. The molecule has 0 aromatic rings. The van der Waals surface area contributed by atoms with Gasteiger partial charge < -0.3 is 14.2 Å². The van der Waals surface area contributed by atoms with Gasteiger partial charge >= 0.3 is 0 Å². The second kappa shape index (κ2) is 14.9. The average Bonchev–Trinajstić information content (AvgIpc) is 2.34. The third-order valence-electron chi connectivity index (χ3n) is 2.69. The Kier molecular flexibility index (Phi) is 14.8. The minimum absolute atomic E-state index is 0.289.